The average Bonchev–Trinajstić information content (AvgIpc) is 2.25. The zero-order valence-corrected chi connectivity index (χ0v) is 11.9. The van der Waals surface area contributed by atoms with Crippen molar-refractivity contribution in [3.63, 3.8) is 0 Å². The highest BCUT2D eigenvalue weighted by Gasteiger charge is 2.20. The molecule has 5 nitrogen and oxygen atoms in total. The van der Waals surface area contributed by atoms with E-state index >= 15 is 0 Å². The van der Waals surface area contributed by atoms with Gasteiger partial charge in [-0.3, -0.25) is 0 Å². The Labute approximate surface area is 109 Å². The molecule has 0 aliphatic carbocycles. The van der Waals surface area contributed by atoms with Gasteiger partial charge >= 0.3 is 0 Å². The molecule has 7 heteroatoms. The van der Waals surface area contributed by atoms with Gasteiger partial charge in [-0.25, -0.2) is 8.42 Å². The molecule has 0 saturated heterocycles. The van der Waals surface area contributed by atoms with E-state index in [1.54, 1.807) is 6.07 Å². The summed E-state index contributed by atoms with van der Waals surface area (Å²) in [6.07, 6.45) is 0.174. The first-order valence-electron chi connectivity index (χ1n) is 4.77. The minimum atomic E-state index is -3.44. The minimum absolute atomic E-state index is 0.0158. The number of hydrogen-bond donors (Lipinski definition) is 2. The lowest BCUT2D eigenvalue weighted by atomic mass is 10.1. The number of sulfone groups is 1. The molecule has 1 aromatic rings. The fraction of sp³-hybridized carbons (Fsp3) is 0.400. The van der Waals surface area contributed by atoms with Crippen molar-refractivity contribution in [2.75, 3.05) is 19.9 Å². The Morgan fingerprint density at radius 3 is 2.53 bits per heavy atom. The Morgan fingerprint density at radius 1 is 1.53 bits per heavy atom. The first-order chi connectivity index (χ1) is 7.81. The number of rotatable bonds is 4. The lowest BCUT2D eigenvalue weighted by molar-refractivity contribution is 0.186. The molecule has 1 aromatic carbocycles. The van der Waals surface area contributed by atoms with Crippen LogP contribution in [-0.4, -0.2) is 33.4 Å². The maximum Gasteiger partial charge on any atom is 0.179 e. The van der Waals surface area contributed by atoms with Crippen molar-refractivity contribution in [2.45, 2.75) is 11.0 Å². The SMILES string of the molecule is COc1c(Br)cc(C(O)CN)cc1S(C)(=O)=O. The number of methoxy groups -OCH3 is 1. The summed E-state index contributed by atoms with van der Waals surface area (Å²) < 4.78 is 28.7. The quantitative estimate of drug-likeness (QED) is 0.857. The number of hydrogen-bond acceptors (Lipinski definition) is 5. The number of aliphatic hydroxyl groups is 1. The number of ether oxygens (including phenoxy) is 1. The molecule has 0 aromatic heterocycles. The van der Waals surface area contributed by atoms with Gasteiger partial charge in [-0.2, -0.15) is 0 Å². The molecule has 0 saturated carbocycles. The third kappa shape index (κ3) is 3.19. The lowest BCUT2D eigenvalue weighted by Gasteiger charge is -2.14. The highest BCUT2D eigenvalue weighted by molar-refractivity contribution is 9.10. The molecule has 1 unspecified atom stereocenters. The van der Waals surface area contributed by atoms with Crippen LogP contribution in [0.4, 0.5) is 0 Å². The Morgan fingerprint density at radius 2 is 2.12 bits per heavy atom. The van der Waals surface area contributed by atoms with Crippen LogP contribution in [-0.2, 0) is 9.84 Å². The summed E-state index contributed by atoms with van der Waals surface area (Å²) in [4.78, 5) is 0.0249. The van der Waals surface area contributed by atoms with Crippen molar-refractivity contribution in [1.82, 2.24) is 0 Å². The van der Waals surface area contributed by atoms with Crippen molar-refractivity contribution in [1.29, 1.82) is 0 Å². The largest absolute Gasteiger partial charge is 0.494 e. The molecule has 96 valence electrons. The molecule has 0 bridgehead atoms. The van der Waals surface area contributed by atoms with Crippen LogP contribution < -0.4 is 10.5 Å². The molecule has 1 rings (SSSR count). The third-order valence-corrected chi connectivity index (χ3v) is 3.93. The van der Waals surface area contributed by atoms with E-state index in [4.69, 9.17) is 10.5 Å². The van der Waals surface area contributed by atoms with E-state index in [1.807, 2.05) is 0 Å². The van der Waals surface area contributed by atoms with Crippen LogP contribution in [0.25, 0.3) is 0 Å². The molecule has 0 radical (unpaired) electrons. The van der Waals surface area contributed by atoms with E-state index in [2.05, 4.69) is 15.9 Å². The third-order valence-electron chi connectivity index (χ3n) is 2.24. The maximum absolute atomic E-state index is 11.6. The highest BCUT2D eigenvalue weighted by atomic mass is 79.9. The van der Waals surface area contributed by atoms with E-state index in [0.717, 1.165) is 6.26 Å². The molecule has 0 heterocycles. The molecule has 1 atom stereocenters. The molecular weight excluding hydrogens is 310 g/mol. The molecule has 0 fully saturated rings. The molecule has 0 amide bonds. The van der Waals surface area contributed by atoms with E-state index in [0.29, 0.717) is 10.0 Å². The highest BCUT2D eigenvalue weighted by Crippen LogP contribution is 2.35. The van der Waals surface area contributed by atoms with Crippen LogP contribution in [0.1, 0.15) is 11.7 Å². The predicted molar refractivity (Wildman–Crippen MR) is 67.8 cm³/mol. The van der Waals surface area contributed by atoms with E-state index in [1.165, 1.54) is 13.2 Å². The van der Waals surface area contributed by atoms with Gasteiger partial charge < -0.3 is 15.6 Å². The zero-order valence-electron chi connectivity index (χ0n) is 9.47. The van der Waals surface area contributed by atoms with Crippen molar-refractivity contribution in [3.05, 3.63) is 22.2 Å². The van der Waals surface area contributed by atoms with Crippen LogP contribution in [0.2, 0.25) is 0 Å². The summed E-state index contributed by atoms with van der Waals surface area (Å²) in [7, 11) is -2.06. The van der Waals surface area contributed by atoms with Crippen LogP contribution >= 0.6 is 15.9 Å². The number of aliphatic hydroxyl groups excluding tert-OH is 1. The van der Waals surface area contributed by atoms with Crippen molar-refractivity contribution in [2.24, 2.45) is 5.73 Å². The lowest BCUT2D eigenvalue weighted by Crippen LogP contribution is -2.13. The Kier molecular flexibility index (Phi) is 4.54. The standard InChI is InChI=1S/C10H14BrNO4S/c1-16-10-7(11)3-6(8(13)5-12)4-9(10)17(2,14)15/h3-4,8,13H,5,12H2,1-2H3. The summed E-state index contributed by atoms with van der Waals surface area (Å²) in [5.74, 6) is 0.223. The summed E-state index contributed by atoms with van der Waals surface area (Å²) >= 11 is 3.21. The van der Waals surface area contributed by atoms with Crippen molar-refractivity contribution >= 4 is 25.8 Å². The second kappa shape index (κ2) is 5.34. The van der Waals surface area contributed by atoms with Gasteiger partial charge in [0.15, 0.2) is 15.6 Å². The van der Waals surface area contributed by atoms with Crippen molar-refractivity contribution in [3.8, 4) is 5.75 Å². The number of halogens is 1. The van der Waals surface area contributed by atoms with Gasteiger partial charge in [0.1, 0.15) is 4.90 Å². The molecule has 0 aliphatic heterocycles. The Bertz CT molecular complexity index is 515. The molecule has 3 N–H and O–H groups in total. The minimum Gasteiger partial charge on any atom is -0.494 e. The van der Waals surface area contributed by atoms with E-state index in [9.17, 15) is 13.5 Å². The van der Waals surface area contributed by atoms with Gasteiger partial charge in [-0.05, 0) is 33.6 Å². The van der Waals surface area contributed by atoms with Gasteiger partial charge in [-0.15, -0.1) is 0 Å². The van der Waals surface area contributed by atoms with Crippen LogP contribution in [0.3, 0.4) is 0 Å². The predicted octanol–water partition coefficient (Wildman–Crippen LogP) is 0.853. The van der Waals surface area contributed by atoms with Gasteiger partial charge in [0.2, 0.25) is 0 Å². The summed E-state index contributed by atoms with van der Waals surface area (Å²) in [6, 6.07) is 2.96. The normalized spacial score (nSPS) is 13.5. The molecular formula is C10H14BrNO4S. The van der Waals surface area contributed by atoms with Crippen molar-refractivity contribution < 1.29 is 18.3 Å². The van der Waals surface area contributed by atoms with Gasteiger partial charge in [0.05, 0.1) is 17.7 Å². The molecule has 0 aliphatic rings. The second-order valence-electron chi connectivity index (χ2n) is 3.56. The fourth-order valence-corrected chi connectivity index (χ4v) is 3.04. The summed E-state index contributed by atoms with van der Waals surface area (Å²) in [6.45, 7) is 0.0158. The maximum atomic E-state index is 11.6. The first kappa shape index (κ1) is 14.4. The van der Waals surface area contributed by atoms with Crippen LogP contribution in [0.15, 0.2) is 21.5 Å². The topological polar surface area (TPSA) is 89.6 Å². The van der Waals surface area contributed by atoms with Gasteiger partial charge in [0.25, 0.3) is 0 Å². The van der Waals surface area contributed by atoms with E-state index < -0.39 is 15.9 Å². The smallest absolute Gasteiger partial charge is 0.179 e. The number of nitrogens with two attached hydrogens (primary N) is 1. The first-order valence-corrected chi connectivity index (χ1v) is 7.45. The van der Waals surface area contributed by atoms with E-state index in [-0.39, 0.29) is 17.2 Å². The Balaban J connectivity index is 3.50. The molecule has 0 spiro atoms. The Hall–Kier alpha value is -0.630. The van der Waals surface area contributed by atoms with Crippen LogP contribution in [0, 0.1) is 0 Å². The average molecular weight is 324 g/mol. The zero-order chi connectivity index (χ0) is 13.2. The fourth-order valence-electron chi connectivity index (χ4n) is 1.39. The molecule has 17 heavy (non-hydrogen) atoms. The number of benzene rings is 1. The monoisotopic (exact) mass is 323 g/mol. The summed E-state index contributed by atoms with van der Waals surface area (Å²) in [5, 5.41) is 9.63. The second-order valence-corrected chi connectivity index (χ2v) is 6.40. The van der Waals surface area contributed by atoms with Gasteiger partial charge in [-0.1, -0.05) is 0 Å². The van der Waals surface area contributed by atoms with Crippen LogP contribution in [0.5, 0.6) is 5.75 Å². The summed E-state index contributed by atoms with van der Waals surface area (Å²) in [5.41, 5.74) is 5.77. The van der Waals surface area contributed by atoms with Gasteiger partial charge in [0, 0.05) is 12.8 Å².